The number of halogens is 2. The van der Waals surface area contributed by atoms with E-state index in [1.54, 1.807) is 12.1 Å². The van der Waals surface area contributed by atoms with E-state index in [1.807, 2.05) is 6.07 Å². The van der Waals surface area contributed by atoms with E-state index in [4.69, 9.17) is 22.1 Å². The molecule has 7 heteroatoms. The van der Waals surface area contributed by atoms with Gasteiger partial charge in [0.15, 0.2) is 5.41 Å². The van der Waals surface area contributed by atoms with Gasteiger partial charge in [0.05, 0.1) is 6.61 Å². The van der Waals surface area contributed by atoms with Crippen molar-refractivity contribution in [1.82, 2.24) is 4.90 Å². The van der Waals surface area contributed by atoms with Gasteiger partial charge in [-0.05, 0) is 61.9 Å². The third kappa shape index (κ3) is 3.64. The van der Waals surface area contributed by atoms with E-state index < -0.39 is 23.0 Å². The molecule has 1 amide bonds. The first kappa shape index (κ1) is 19.6. The van der Waals surface area contributed by atoms with E-state index >= 15 is 4.39 Å². The monoisotopic (exact) mass is 408 g/mol. The predicted molar refractivity (Wildman–Crippen MR) is 103 cm³/mol. The van der Waals surface area contributed by atoms with Crippen molar-refractivity contribution in [1.29, 1.82) is 0 Å². The van der Waals surface area contributed by atoms with Gasteiger partial charge in [-0.1, -0.05) is 23.7 Å². The van der Waals surface area contributed by atoms with Crippen LogP contribution in [0.5, 0.6) is 0 Å². The van der Waals surface area contributed by atoms with Crippen LogP contribution in [0.2, 0.25) is 5.02 Å². The number of amides is 1. The summed E-state index contributed by atoms with van der Waals surface area (Å²) in [6, 6.07) is 5.16. The Kier molecular flexibility index (Phi) is 5.12. The fraction of sp³-hybridized carbons (Fsp3) is 0.619. The minimum atomic E-state index is -1.80. The number of likely N-dealkylation sites (tertiary alicyclic amines) is 1. The number of ether oxygens (including phenoxy) is 1. The average molecular weight is 409 g/mol. The maximum atomic E-state index is 15.5. The van der Waals surface area contributed by atoms with Crippen LogP contribution in [0.4, 0.5) is 4.39 Å². The summed E-state index contributed by atoms with van der Waals surface area (Å²) in [6.07, 6.45) is 3.84. The molecular formula is C21H26ClFN2O3. The molecule has 2 aliphatic carbocycles. The lowest BCUT2D eigenvalue weighted by atomic mass is 9.57. The quantitative estimate of drug-likeness (QED) is 0.555. The van der Waals surface area contributed by atoms with Crippen molar-refractivity contribution < 1.29 is 18.7 Å². The molecule has 1 saturated heterocycles. The van der Waals surface area contributed by atoms with Crippen LogP contribution >= 0.6 is 11.6 Å². The molecule has 1 heterocycles. The van der Waals surface area contributed by atoms with Crippen LogP contribution in [0, 0.1) is 11.3 Å². The van der Waals surface area contributed by atoms with Crippen molar-refractivity contribution in [3.63, 3.8) is 0 Å². The van der Waals surface area contributed by atoms with Gasteiger partial charge in [0.1, 0.15) is 5.67 Å². The van der Waals surface area contributed by atoms with Crippen LogP contribution in [0.3, 0.4) is 0 Å². The summed E-state index contributed by atoms with van der Waals surface area (Å²) in [6.45, 7) is 3.13. The zero-order valence-corrected chi connectivity index (χ0v) is 16.6. The van der Waals surface area contributed by atoms with E-state index in [2.05, 4.69) is 4.90 Å². The molecule has 0 aromatic heterocycles. The molecule has 1 aliphatic heterocycles. The molecule has 0 radical (unpaired) electrons. The average Bonchev–Trinajstić information content (AvgIpc) is 3.32. The Labute approximate surface area is 169 Å². The van der Waals surface area contributed by atoms with E-state index in [0.717, 1.165) is 38.0 Å². The molecule has 0 bridgehead atoms. The topological polar surface area (TPSA) is 72.6 Å². The number of nitrogens with two attached hydrogens (primary N) is 1. The molecule has 0 atom stereocenters. The SMILES string of the molecule is NC(=O)C1(C(=O)OCC2CC2)CC(F)(c2ccc(CN3CCCC3)c(Cl)c2)C1. The number of benzene rings is 1. The Bertz CT molecular complexity index is 784. The number of hydrogen-bond acceptors (Lipinski definition) is 4. The molecule has 152 valence electrons. The van der Waals surface area contributed by atoms with Gasteiger partial charge in [0.2, 0.25) is 5.91 Å². The maximum Gasteiger partial charge on any atom is 0.321 e. The van der Waals surface area contributed by atoms with Crippen LogP contribution in [-0.4, -0.2) is 36.5 Å². The summed E-state index contributed by atoms with van der Waals surface area (Å²) >= 11 is 6.41. The van der Waals surface area contributed by atoms with E-state index in [-0.39, 0.29) is 19.4 Å². The Morgan fingerprint density at radius 3 is 2.50 bits per heavy atom. The summed E-state index contributed by atoms with van der Waals surface area (Å²) in [5.74, 6) is -1.15. The van der Waals surface area contributed by atoms with Crippen LogP contribution in [0.1, 0.15) is 49.7 Å². The maximum absolute atomic E-state index is 15.5. The lowest BCUT2D eigenvalue weighted by Crippen LogP contribution is -2.59. The highest BCUT2D eigenvalue weighted by Crippen LogP contribution is 2.57. The molecule has 3 fully saturated rings. The third-order valence-corrected chi connectivity index (χ3v) is 6.69. The van der Waals surface area contributed by atoms with E-state index in [0.29, 0.717) is 16.5 Å². The van der Waals surface area contributed by atoms with Gasteiger partial charge in [0, 0.05) is 24.4 Å². The van der Waals surface area contributed by atoms with Gasteiger partial charge in [-0.3, -0.25) is 14.5 Å². The van der Waals surface area contributed by atoms with Crippen LogP contribution in [0.25, 0.3) is 0 Å². The number of alkyl halides is 1. The van der Waals surface area contributed by atoms with Gasteiger partial charge >= 0.3 is 5.97 Å². The van der Waals surface area contributed by atoms with Crippen molar-refractivity contribution >= 4 is 23.5 Å². The highest BCUT2D eigenvalue weighted by molar-refractivity contribution is 6.31. The number of carbonyl (C=O) groups is 2. The summed E-state index contributed by atoms with van der Waals surface area (Å²) in [4.78, 5) is 26.7. The second-order valence-corrected chi connectivity index (χ2v) is 9.00. The Hall–Kier alpha value is -1.66. The molecule has 0 unspecified atom stereocenters. The van der Waals surface area contributed by atoms with Gasteiger partial charge in [-0.15, -0.1) is 0 Å². The van der Waals surface area contributed by atoms with Crippen molar-refractivity contribution in [3.8, 4) is 0 Å². The minimum absolute atomic E-state index is 0.282. The second kappa shape index (κ2) is 7.30. The minimum Gasteiger partial charge on any atom is -0.465 e. The second-order valence-electron chi connectivity index (χ2n) is 8.60. The van der Waals surface area contributed by atoms with Crippen molar-refractivity contribution in [2.24, 2.45) is 17.1 Å². The summed E-state index contributed by atoms with van der Waals surface area (Å²) in [5, 5.41) is 0.509. The van der Waals surface area contributed by atoms with E-state index in [9.17, 15) is 9.59 Å². The lowest BCUT2D eigenvalue weighted by Gasteiger charge is -2.47. The summed E-state index contributed by atoms with van der Waals surface area (Å²) in [7, 11) is 0. The van der Waals surface area contributed by atoms with Crippen molar-refractivity contribution in [2.45, 2.75) is 50.7 Å². The van der Waals surface area contributed by atoms with E-state index in [1.165, 1.54) is 12.8 Å². The molecule has 5 nitrogen and oxygen atoms in total. The molecule has 2 N–H and O–H groups in total. The number of carbonyl (C=O) groups excluding carboxylic acids is 2. The Morgan fingerprint density at radius 2 is 1.93 bits per heavy atom. The highest BCUT2D eigenvalue weighted by atomic mass is 35.5. The first-order valence-electron chi connectivity index (χ1n) is 10.00. The molecular weight excluding hydrogens is 383 g/mol. The summed E-state index contributed by atoms with van der Waals surface area (Å²) < 4.78 is 20.7. The molecule has 3 aliphatic rings. The van der Waals surface area contributed by atoms with Gasteiger partial charge in [0.25, 0.3) is 0 Å². The molecule has 28 heavy (non-hydrogen) atoms. The highest BCUT2D eigenvalue weighted by Gasteiger charge is 2.65. The normalized spacial score (nSPS) is 30.1. The number of rotatable bonds is 7. The van der Waals surface area contributed by atoms with Crippen molar-refractivity contribution in [2.75, 3.05) is 19.7 Å². The lowest BCUT2D eigenvalue weighted by molar-refractivity contribution is -0.181. The zero-order chi connectivity index (χ0) is 19.9. The molecule has 0 spiro atoms. The van der Waals surface area contributed by atoms with Crippen LogP contribution in [-0.2, 0) is 26.5 Å². The fourth-order valence-corrected chi connectivity index (χ4v) is 4.52. The molecule has 1 aromatic rings. The van der Waals surface area contributed by atoms with Crippen LogP contribution < -0.4 is 5.73 Å². The van der Waals surface area contributed by atoms with Crippen LogP contribution in [0.15, 0.2) is 18.2 Å². The van der Waals surface area contributed by atoms with Gasteiger partial charge < -0.3 is 10.5 Å². The zero-order valence-electron chi connectivity index (χ0n) is 15.9. The number of primary amides is 1. The third-order valence-electron chi connectivity index (χ3n) is 6.34. The molecule has 1 aromatic carbocycles. The number of nitrogens with zero attached hydrogens (tertiary/aromatic N) is 1. The standard InChI is InChI=1S/C21H26ClFN2O3/c22-17-9-16(6-5-15(17)10-25-7-1-2-8-25)21(23)12-20(13-21,18(24)26)19(27)28-11-14-3-4-14/h5-6,9,14H,1-4,7-8,10-13H2,(H2,24,26). The Balaban J connectivity index is 1.45. The number of hydrogen-bond donors (Lipinski definition) is 1. The van der Waals surface area contributed by atoms with Crippen molar-refractivity contribution in [3.05, 3.63) is 34.3 Å². The fourth-order valence-electron chi connectivity index (χ4n) is 4.28. The number of esters is 1. The largest absolute Gasteiger partial charge is 0.465 e. The first-order valence-corrected chi connectivity index (χ1v) is 10.4. The van der Waals surface area contributed by atoms with Gasteiger partial charge in [-0.25, -0.2) is 4.39 Å². The Morgan fingerprint density at radius 1 is 1.25 bits per heavy atom. The smallest absolute Gasteiger partial charge is 0.321 e. The molecule has 4 rings (SSSR count). The molecule has 2 saturated carbocycles. The summed E-state index contributed by atoms with van der Waals surface area (Å²) in [5.41, 5.74) is 3.42. The predicted octanol–water partition coefficient (Wildman–Crippen LogP) is 3.32. The van der Waals surface area contributed by atoms with Gasteiger partial charge in [-0.2, -0.15) is 0 Å². The first-order chi connectivity index (χ1) is 13.3.